The number of imidazole rings is 1. The van der Waals surface area contributed by atoms with Gasteiger partial charge in [0.25, 0.3) is 0 Å². The normalized spacial score (nSPS) is 19.2. The Labute approximate surface area is 182 Å². The average molecular weight is 424 g/mol. The van der Waals surface area contributed by atoms with E-state index in [9.17, 15) is 4.79 Å². The van der Waals surface area contributed by atoms with E-state index >= 15 is 0 Å². The van der Waals surface area contributed by atoms with E-state index < -0.39 is 0 Å². The SMILES string of the molecule is CCOc1ccc(-n2c(SCC(=O)N3C[C@H](C)C[C@@H](C)C3)nc3ccccc32)cc1. The number of para-hydroxylation sites is 2. The second-order valence-corrected chi connectivity index (χ2v) is 9.12. The second-order valence-electron chi connectivity index (χ2n) is 8.18. The Balaban J connectivity index is 1.58. The number of rotatable bonds is 6. The molecule has 5 nitrogen and oxygen atoms in total. The molecule has 1 aromatic heterocycles. The maximum absolute atomic E-state index is 12.9. The average Bonchev–Trinajstić information content (AvgIpc) is 3.10. The van der Waals surface area contributed by atoms with Crippen LogP contribution in [0.4, 0.5) is 0 Å². The van der Waals surface area contributed by atoms with Gasteiger partial charge in [0.15, 0.2) is 5.16 Å². The van der Waals surface area contributed by atoms with E-state index in [0.29, 0.717) is 24.2 Å². The van der Waals surface area contributed by atoms with Crippen molar-refractivity contribution in [1.82, 2.24) is 14.5 Å². The molecule has 0 spiro atoms. The van der Waals surface area contributed by atoms with Crippen molar-refractivity contribution < 1.29 is 9.53 Å². The lowest BCUT2D eigenvalue weighted by Crippen LogP contribution is -2.43. The lowest BCUT2D eigenvalue weighted by Gasteiger charge is -2.35. The van der Waals surface area contributed by atoms with Gasteiger partial charge in [0.05, 0.1) is 23.4 Å². The summed E-state index contributed by atoms with van der Waals surface area (Å²) >= 11 is 1.52. The molecule has 1 amide bonds. The van der Waals surface area contributed by atoms with Crippen LogP contribution in [0.25, 0.3) is 16.7 Å². The third kappa shape index (κ3) is 4.48. The van der Waals surface area contributed by atoms with E-state index in [1.807, 2.05) is 54.3 Å². The fourth-order valence-corrected chi connectivity index (χ4v) is 5.22. The third-order valence-electron chi connectivity index (χ3n) is 5.48. The van der Waals surface area contributed by atoms with Crippen molar-refractivity contribution >= 4 is 28.7 Å². The van der Waals surface area contributed by atoms with Crippen LogP contribution >= 0.6 is 11.8 Å². The summed E-state index contributed by atoms with van der Waals surface area (Å²) in [6, 6.07) is 16.1. The minimum Gasteiger partial charge on any atom is -0.494 e. The van der Waals surface area contributed by atoms with Crippen LogP contribution in [0.3, 0.4) is 0 Å². The minimum absolute atomic E-state index is 0.198. The van der Waals surface area contributed by atoms with Gasteiger partial charge in [-0.15, -0.1) is 0 Å². The molecule has 0 unspecified atom stereocenters. The van der Waals surface area contributed by atoms with Crippen molar-refractivity contribution in [3.05, 3.63) is 48.5 Å². The topological polar surface area (TPSA) is 47.4 Å². The molecule has 0 bridgehead atoms. The molecule has 0 saturated carbocycles. The summed E-state index contributed by atoms with van der Waals surface area (Å²) in [7, 11) is 0. The number of amides is 1. The largest absolute Gasteiger partial charge is 0.494 e. The number of benzene rings is 2. The molecule has 1 aliphatic heterocycles. The molecule has 1 saturated heterocycles. The number of nitrogens with zero attached hydrogens (tertiary/aromatic N) is 3. The van der Waals surface area contributed by atoms with Crippen molar-refractivity contribution in [1.29, 1.82) is 0 Å². The Morgan fingerprint density at radius 2 is 1.80 bits per heavy atom. The highest BCUT2D eigenvalue weighted by Crippen LogP contribution is 2.30. The molecule has 6 heteroatoms. The van der Waals surface area contributed by atoms with Gasteiger partial charge in [-0.05, 0) is 61.6 Å². The van der Waals surface area contributed by atoms with Crippen LogP contribution < -0.4 is 4.74 Å². The van der Waals surface area contributed by atoms with Gasteiger partial charge in [0.2, 0.25) is 5.91 Å². The zero-order valence-corrected chi connectivity index (χ0v) is 18.7. The second kappa shape index (κ2) is 9.13. The first kappa shape index (κ1) is 20.8. The molecule has 0 radical (unpaired) electrons. The number of thioether (sulfide) groups is 1. The van der Waals surface area contributed by atoms with Gasteiger partial charge >= 0.3 is 0 Å². The molecule has 2 heterocycles. The van der Waals surface area contributed by atoms with Gasteiger partial charge in [-0.1, -0.05) is 37.7 Å². The first-order valence-electron chi connectivity index (χ1n) is 10.7. The van der Waals surface area contributed by atoms with Crippen molar-refractivity contribution in [2.45, 2.75) is 32.3 Å². The lowest BCUT2D eigenvalue weighted by atomic mass is 9.92. The van der Waals surface area contributed by atoms with Gasteiger partial charge in [0.1, 0.15) is 5.75 Å². The number of hydrogen-bond acceptors (Lipinski definition) is 4. The molecule has 158 valence electrons. The summed E-state index contributed by atoms with van der Waals surface area (Å²) in [4.78, 5) is 19.7. The maximum Gasteiger partial charge on any atom is 0.233 e. The first-order valence-corrected chi connectivity index (χ1v) is 11.6. The van der Waals surface area contributed by atoms with Crippen molar-refractivity contribution in [3.63, 3.8) is 0 Å². The van der Waals surface area contributed by atoms with Crippen molar-refractivity contribution in [2.75, 3.05) is 25.4 Å². The summed E-state index contributed by atoms with van der Waals surface area (Å²) in [5.74, 6) is 2.58. The molecular formula is C24H29N3O2S. The number of hydrogen-bond donors (Lipinski definition) is 0. The van der Waals surface area contributed by atoms with Crippen LogP contribution in [0.15, 0.2) is 53.7 Å². The van der Waals surface area contributed by atoms with Crippen LogP contribution in [0.1, 0.15) is 27.2 Å². The zero-order chi connectivity index (χ0) is 21.1. The molecule has 2 atom stereocenters. The Morgan fingerprint density at radius 3 is 2.50 bits per heavy atom. The standard InChI is InChI=1S/C24H29N3O2S/c1-4-29-20-11-9-19(10-12-20)27-22-8-6-5-7-21(22)25-24(27)30-16-23(28)26-14-17(2)13-18(3)15-26/h5-12,17-18H,4,13-16H2,1-3H3/t17-,18-/m1/s1. The Hall–Kier alpha value is -2.47. The molecule has 1 aliphatic rings. The quantitative estimate of drug-likeness (QED) is 0.522. The van der Waals surface area contributed by atoms with Gasteiger partial charge in [-0.25, -0.2) is 4.98 Å². The molecule has 30 heavy (non-hydrogen) atoms. The summed E-state index contributed by atoms with van der Waals surface area (Å²) in [5.41, 5.74) is 2.99. The fraction of sp³-hybridized carbons (Fsp3) is 0.417. The third-order valence-corrected chi connectivity index (χ3v) is 6.41. The number of ether oxygens (including phenoxy) is 1. The van der Waals surface area contributed by atoms with Crippen molar-refractivity contribution in [3.8, 4) is 11.4 Å². The molecule has 1 fully saturated rings. The highest BCUT2D eigenvalue weighted by Gasteiger charge is 2.26. The summed E-state index contributed by atoms with van der Waals surface area (Å²) in [6.45, 7) is 8.80. The molecule has 0 N–H and O–H groups in total. The summed E-state index contributed by atoms with van der Waals surface area (Å²) in [5, 5.41) is 0.840. The van der Waals surface area contributed by atoms with Gasteiger partial charge < -0.3 is 9.64 Å². The molecule has 3 aromatic rings. The summed E-state index contributed by atoms with van der Waals surface area (Å²) in [6.07, 6.45) is 1.20. The highest BCUT2D eigenvalue weighted by molar-refractivity contribution is 7.99. The van der Waals surface area contributed by atoms with E-state index in [0.717, 1.165) is 40.7 Å². The predicted octanol–water partition coefficient (Wildman–Crippen LogP) is 5.02. The van der Waals surface area contributed by atoms with E-state index in [1.165, 1.54) is 18.2 Å². The van der Waals surface area contributed by atoms with Gasteiger partial charge in [-0.3, -0.25) is 9.36 Å². The number of aromatic nitrogens is 2. The van der Waals surface area contributed by atoms with Crippen LogP contribution in [0, 0.1) is 11.8 Å². The fourth-order valence-electron chi connectivity index (χ4n) is 4.29. The van der Waals surface area contributed by atoms with Crippen LogP contribution in [-0.4, -0.2) is 45.8 Å². The highest BCUT2D eigenvalue weighted by atomic mass is 32.2. The number of carbonyl (C=O) groups is 1. The molecular weight excluding hydrogens is 394 g/mol. The smallest absolute Gasteiger partial charge is 0.233 e. The van der Waals surface area contributed by atoms with Gasteiger partial charge in [0, 0.05) is 18.8 Å². The first-order chi connectivity index (χ1) is 14.5. The van der Waals surface area contributed by atoms with E-state index in [-0.39, 0.29) is 5.91 Å². The van der Waals surface area contributed by atoms with Gasteiger partial charge in [-0.2, -0.15) is 0 Å². The van der Waals surface area contributed by atoms with Crippen molar-refractivity contribution in [2.24, 2.45) is 11.8 Å². The monoisotopic (exact) mass is 423 g/mol. The summed E-state index contributed by atoms with van der Waals surface area (Å²) < 4.78 is 7.71. The maximum atomic E-state index is 12.9. The predicted molar refractivity (Wildman–Crippen MR) is 122 cm³/mol. The Morgan fingerprint density at radius 1 is 1.10 bits per heavy atom. The minimum atomic E-state index is 0.198. The van der Waals surface area contributed by atoms with E-state index in [4.69, 9.17) is 9.72 Å². The molecule has 0 aliphatic carbocycles. The molecule has 2 aromatic carbocycles. The van der Waals surface area contributed by atoms with Crippen LogP contribution in [0.2, 0.25) is 0 Å². The number of carbonyl (C=O) groups excluding carboxylic acids is 1. The number of piperidine rings is 1. The van der Waals surface area contributed by atoms with Crippen LogP contribution in [-0.2, 0) is 4.79 Å². The lowest BCUT2D eigenvalue weighted by molar-refractivity contribution is -0.130. The number of likely N-dealkylation sites (tertiary alicyclic amines) is 1. The molecule has 4 rings (SSSR count). The Bertz CT molecular complexity index is 1000. The van der Waals surface area contributed by atoms with E-state index in [2.05, 4.69) is 24.5 Å². The zero-order valence-electron chi connectivity index (χ0n) is 17.9. The van der Waals surface area contributed by atoms with E-state index in [1.54, 1.807) is 0 Å². The van der Waals surface area contributed by atoms with Crippen LogP contribution in [0.5, 0.6) is 5.75 Å². The Kier molecular flexibility index (Phi) is 6.32. The number of fused-ring (bicyclic) bond motifs is 1.